The number of terminal acetylenes is 1. The summed E-state index contributed by atoms with van der Waals surface area (Å²) in [5, 5.41) is 20.6. The molecule has 0 aliphatic carbocycles. The molecular weight excluding hydrogens is 709 g/mol. The molecule has 0 nitrogen and oxygen atoms in total. The van der Waals surface area contributed by atoms with Gasteiger partial charge in [0.1, 0.15) is 0 Å². The number of benzene rings is 11. The highest BCUT2D eigenvalue weighted by atomic mass is 14.1. The molecule has 0 N–H and O–H groups in total. The van der Waals surface area contributed by atoms with Crippen molar-refractivity contribution in [1.29, 1.82) is 0 Å². The average Bonchev–Trinajstić information content (AvgIpc) is 3.30. The fourth-order valence-electron chi connectivity index (χ4n) is 9.14. The van der Waals surface area contributed by atoms with E-state index in [9.17, 15) is 0 Å². The third-order valence-electron chi connectivity index (χ3n) is 12.0. The molecule has 0 aromatic heterocycles. The average molecular weight is 753 g/mol. The molecule has 0 bridgehead atoms. The highest BCUT2D eigenvalue weighted by molar-refractivity contribution is 6.12. The van der Waals surface area contributed by atoms with Gasteiger partial charge in [0.05, 0.1) is 0 Å². The second-order valence-corrected chi connectivity index (χ2v) is 15.2. The van der Waals surface area contributed by atoms with E-state index in [1.165, 1.54) is 114 Å². The smallest absolute Gasteiger partial charge is 0.00878 e. The van der Waals surface area contributed by atoms with Crippen LogP contribution in [0.2, 0.25) is 0 Å². The van der Waals surface area contributed by atoms with E-state index in [4.69, 9.17) is 0 Å². The van der Waals surface area contributed by atoms with Crippen LogP contribution in [0.1, 0.15) is 19.9 Å². The van der Waals surface area contributed by atoms with Crippen LogP contribution in [0.3, 0.4) is 0 Å². The third kappa shape index (κ3) is 6.48. The molecule has 11 aromatic rings. The lowest BCUT2D eigenvalue weighted by Crippen LogP contribution is -2.26. The zero-order valence-corrected chi connectivity index (χ0v) is 32.4. The van der Waals surface area contributed by atoms with Gasteiger partial charge in [0.25, 0.3) is 0 Å². The molecule has 0 heterocycles. The first-order chi connectivity index (χ1) is 28.7. The minimum Gasteiger partial charge on any atom is -0.124 e. The molecule has 0 aliphatic rings. The Morgan fingerprint density at radius 3 is 1.34 bits per heavy atom. The summed E-state index contributed by atoms with van der Waals surface area (Å²) in [6, 6.07) is 69.8. The van der Waals surface area contributed by atoms with Crippen LogP contribution in [0.25, 0.3) is 110 Å². The Labute approximate surface area is 346 Å². The second-order valence-electron chi connectivity index (χ2n) is 15.2. The van der Waals surface area contributed by atoms with Crippen molar-refractivity contribution in [2.75, 3.05) is 0 Å². The van der Waals surface area contributed by atoms with E-state index in [-0.39, 0.29) is 7.43 Å². The van der Waals surface area contributed by atoms with Gasteiger partial charge in [-0.15, -0.1) is 12.8 Å². The zero-order chi connectivity index (χ0) is 39.2. The van der Waals surface area contributed by atoms with Crippen molar-refractivity contribution >= 4 is 87.6 Å². The molecule has 0 atom stereocenters. The minimum atomic E-state index is 0. The number of fused-ring (bicyclic) bond motifs is 10. The second kappa shape index (κ2) is 15.5. The van der Waals surface area contributed by atoms with Crippen molar-refractivity contribution < 1.29 is 0 Å². The molecular formula is C59H44. The number of hydrogen-bond donors (Lipinski definition) is 0. The maximum Gasteiger partial charge on any atom is -0.00878 e. The molecule has 0 unspecified atom stereocenters. The first-order valence-electron chi connectivity index (χ1n) is 20.0. The van der Waals surface area contributed by atoms with Crippen molar-refractivity contribution in [3.8, 4) is 35.1 Å². The number of rotatable bonds is 4. The van der Waals surface area contributed by atoms with Gasteiger partial charge in [-0.3, -0.25) is 0 Å². The molecule has 59 heavy (non-hydrogen) atoms. The van der Waals surface area contributed by atoms with E-state index in [1.807, 2.05) is 0 Å². The van der Waals surface area contributed by atoms with Crippen LogP contribution in [0.4, 0.5) is 0 Å². The lowest BCUT2D eigenvalue weighted by Gasteiger charge is -2.12. The van der Waals surface area contributed by atoms with Crippen LogP contribution in [-0.4, -0.2) is 0 Å². The summed E-state index contributed by atoms with van der Waals surface area (Å²) in [6.45, 7) is 2.18. The first-order valence-corrected chi connectivity index (χ1v) is 20.0. The lowest BCUT2D eigenvalue weighted by molar-refractivity contribution is 1.34. The summed E-state index contributed by atoms with van der Waals surface area (Å²) in [7, 11) is 0. The van der Waals surface area contributed by atoms with Gasteiger partial charge >= 0.3 is 0 Å². The van der Waals surface area contributed by atoms with Gasteiger partial charge in [0, 0.05) is 0 Å². The Morgan fingerprint density at radius 2 is 0.746 bits per heavy atom. The molecule has 11 rings (SSSR count). The lowest BCUT2D eigenvalue weighted by atomic mass is 9.92. The maximum atomic E-state index is 4.00. The summed E-state index contributed by atoms with van der Waals surface area (Å²) in [5.74, 6) is 0. The van der Waals surface area contributed by atoms with E-state index in [0.717, 1.165) is 6.42 Å². The Morgan fingerprint density at radius 1 is 0.339 bits per heavy atom. The van der Waals surface area contributed by atoms with Crippen molar-refractivity contribution in [2.45, 2.75) is 20.8 Å². The van der Waals surface area contributed by atoms with E-state index < -0.39 is 0 Å². The van der Waals surface area contributed by atoms with Gasteiger partial charge in [-0.2, -0.15) is 0 Å². The van der Waals surface area contributed by atoms with Crippen LogP contribution in [0.15, 0.2) is 188 Å². The highest BCUT2D eigenvalue weighted by Crippen LogP contribution is 2.34. The van der Waals surface area contributed by atoms with E-state index in [0.29, 0.717) is 0 Å². The van der Waals surface area contributed by atoms with Gasteiger partial charge in [-0.1, -0.05) is 183 Å². The van der Waals surface area contributed by atoms with Gasteiger partial charge in [-0.05, 0) is 151 Å². The summed E-state index contributed by atoms with van der Waals surface area (Å²) in [6.07, 6.45) is 13.6. The van der Waals surface area contributed by atoms with Crippen molar-refractivity contribution in [2.24, 2.45) is 0 Å². The highest BCUT2D eigenvalue weighted by Gasteiger charge is 2.10. The molecule has 0 aliphatic heterocycles. The molecule has 0 heteroatoms. The van der Waals surface area contributed by atoms with Crippen LogP contribution in [0, 0.1) is 12.8 Å². The van der Waals surface area contributed by atoms with Crippen molar-refractivity contribution in [1.82, 2.24) is 0 Å². The van der Waals surface area contributed by atoms with Crippen LogP contribution >= 0.6 is 0 Å². The monoisotopic (exact) mass is 752 g/mol. The summed E-state index contributed by atoms with van der Waals surface area (Å²) in [5.41, 5.74) is 6.29. The summed E-state index contributed by atoms with van der Waals surface area (Å²) < 4.78 is 0. The molecule has 0 fully saturated rings. The molecule has 11 aromatic carbocycles. The van der Waals surface area contributed by atoms with Gasteiger partial charge in [0.2, 0.25) is 0 Å². The fourth-order valence-corrected chi connectivity index (χ4v) is 9.14. The quantitative estimate of drug-likeness (QED) is 0.124. The topological polar surface area (TPSA) is 0 Å². The minimum absolute atomic E-state index is 0. The van der Waals surface area contributed by atoms with Crippen LogP contribution < -0.4 is 10.4 Å². The zero-order valence-electron chi connectivity index (χ0n) is 32.4. The van der Waals surface area contributed by atoms with Crippen molar-refractivity contribution in [3.63, 3.8) is 0 Å². The molecule has 0 saturated heterocycles. The van der Waals surface area contributed by atoms with Gasteiger partial charge in [-0.25, -0.2) is 0 Å². The molecule has 0 radical (unpaired) electrons. The van der Waals surface area contributed by atoms with E-state index >= 15 is 0 Å². The van der Waals surface area contributed by atoms with E-state index in [1.54, 1.807) is 0 Å². The van der Waals surface area contributed by atoms with Crippen molar-refractivity contribution in [3.05, 3.63) is 204 Å². The third-order valence-corrected chi connectivity index (χ3v) is 12.0. The molecule has 0 amide bonds. The predicted octanol–water partition coefficient (Wildman–Crippen LogP) is 14.8. The van der Waals surface area contributed by atoms with Crippen LogP contribution in [-0.2, 0) is 6.42 Å². The van der Waals surface area contributed by atoms with E-state index in [2.05, 4.69) is 220 Å². The fraction of sp³-hybridized carbons (Fsp3) is 0.0508. The Hall–Kier alpha value is -7.46. The maximum absolute atomic E-state index is 4.00. The van der Waals surface area contributed by atoms with Gasteiger partial charge < -0.3 is 0 Å². The Balaban J connectivity index is 0.00000148. The Kier molecular flexibility index (Phi) is 9.74. The summed E-state index contributed by atoms with van der Waals surface area (Å²) >= 11 is 0. The molecule has 0 saturated carbocycles. The first kappa shape index (κ1) is 37.1. The largest absolute Gasteiger partial charge is 0.124 e. The SMILES string of the molecule is C.C#C.C/C=c1\c(=C/Cc2ccc3cc(-c4ccc5ccc6ccccc6c5c4)ccc3c2)c2ccccc2c2cc(-c3ccc4ccc5ccccc5c4c3)ccc12. The standard InChI is InChI=1S/C56H38.C2H2.CH4/c1-2-47-52(29-16-36-15-17-42-32-43(27-26-41(42)31-36)44-24-22-39-20-18-37-9-3-5-11-48(37)54(39)33-44)50-13-7-8-14-51(50)56-35-46(28-30-53(47)56)45-25-23-40-21-19-38-10-4-6-12-49(38)55(40)34-45;1-2;/h2-15,17-35H,16H2,1H3;1-2H;1H4/b47-2+,52-29+;;. The molecule has 0 spiro atoms. The van der Waals surface area contributed by atoms with Crippen LogP contribution in [0.5, 0.6) is 0 Å². The summed E-state index contributed by atoms with van der Waals surface area (Å²) in [4.78, 5) is 0. The van der Waals surface area contributed by atoms with Gasteiger partial charge in [0.15, 0.2) is 0 Å². The normalized spacial score (nSPS) is 12.1. The number of hydrogen-bond acceptors (Lipinski definition) is 0. The molecule has 280 valence electrons. The Bertz CT molecular complexity index is 3560. The predicted molar refractivity (Wildman–Crippen MR) is 260 cm³/mol.